The first-order valence-electron chi connectivity index (χ1n) is 21.5. The molecule has 0 aromatic heterocycles. The predicted molar refractivity (Wildman–Crippen MR) is 272 cm³/mol. The van der Waals surface area contributed by atoms with E-state index in [1.165, 1.54) is 44.9 Å². The first kappa shape index (κ1) is 43.3. The molecule has 2 N–H and O–H groups in total. The van der Waals surface area contributed by atoms with Crippen molar-refractivity contribution < 1.29 is 0 Å². The van der Waals surface area contributed by atoms with Crippen LogP contribution in [0.3, 0.4) is 0 Å². The van der Waals surface area contributed by atoms with E-state index in [-0.39, 0.29) is 0 Å². The number of nitrogens with one attached hydrogen (secondary N) is 2. The molecule has 9 aromatic rings. The molecule has 312 valence electrons. The van der Waals surface area contributed by atoms with Crippen molar-refractivity contribution in [3.05, 3.63) is 264 Å². The van der Waals surface area contributed by atoms with Gasteiger partial charge in [-0.05, 0) is 173 Å². The van der Waals surface area contributed by atoms with Gasteiger partial charge in [0.1, 0.15) is 0 Å². The van der Waals surface area contributed by atoms with Gasteiger partial charge < -0.3 is 20.4 Å². The summed E-state index contributed by atoms with van der Waals surface area (Å²) in [5.41, 5.74) is 17.5. The lowest BCUT2D eigenvalue weighted by molar-refractivity contribution is 1.26. The minimum Gasteiger partial charge on any atom is -0.356 e. The highest BCUT2D eigenvalue weighted by molar-refractivity contribution is 5.79. The molecule has 0 unspecified atom stereocenters. The normalized spacial score (nSPS) is 10.3. The van der Waals surface area contributed by atoms with Crippen LogP contribution < -0.4 is 20.4 Å². The van der Waals surface area contributed by atoms with Crippen molar-refractivity contribution in [2.45, 2.75) is 34.6 Å². The van der Waals surface area contributed by atoms with Crippen molar-refractivity contribution in [1.82, 2.24) is 0 Å². The van der Waals surface area contributed by atoms with Gasteiger partial charge in [0.15, 0.2) is 0 Å². The third kappa shape index (κ3) is 12.6. The maximum absolute atomic E-state index is 3.51. The molecule has 0 spiro atoms. The zero-order valence-electron chi connectivity index (χ0n) is 36.9. The smallest absolute Gasteiger partial charge is 0.0464 e. The van der Waals surface area contributed by atoms with Crippen LogP contribution in [-0.4, -0.2) is 0 Å². The molecule has 4 heteroatoms. The van der Waals surface area contributed by atoms with Gasteiger partial charge in [0.25, 0.3) is 0 Å². The van der Waals surface area contributed by atoms with E-state index in [2.05, 4.69) is 261 Å². The molecule has 0 aliphatic rings. The van der Waals surface area contributed by atoms with E-state index >= 15 is 0 Å². The van der Waals surface area contributed by atoms with Gasteiger partial charge in [-0.25, -0.2) is 0 Å². The SMILES string of the molecule is Cc1ccc(N(c2ccccc2)c2cccc(C)c2)cc1.Cc1cccc(Nc2ccc(Nc3ccc(N(c4ccccc4)c4cccc(C)c4)cc3)cc2)c1.Cc1ccccc1. The first-order valence-corrected chi connectivity index (χ1v) is 21.5. The van der Waals surface area contributed by atoms with Gasteiger partial charge in [0.05, 0.1) is 0 Å². The lowest BCUT2D eigenvalue weighted by atomic mass is 10.1. The fourth-order valence-corrected chi connectivity index (χ4v) is 7.20. The van der Waals surface area contributed by atoms with Crippen molar-refractivity contribution in [3.8, 4) is 0 Å². The quantitative estimate of drug-likeness (QED) is 0.144. The minimum absolute atomic E-state index is 1.05. The van der Waals surface area contributed by atoms with Gasteiger partial charge in [-0.3, -0.25) is 0 Å². The molecule has 0 saturated carbocycles. The Bertz CT molecular complexity index is 2750. The van der Waals surface area contributed by atoms with Gasteiger partial charge in [-0.15, -0.1) is 0 Å². The van der Waals surface area contributed by atoms with Crippen LogP contribution in [0.15, 0.2) is 237 Å². The molecular formula is C59H56N4. The van der Waals surface area contributed by atoms with E-state index in [1.54, 1.807) is 0 Å². The third-order valence-electron chi connectivity index (χ3n) is 10.4. The third-order valence-corrected chi connectivity index (χ3v) is 10.4. The highest BCUT2D eigenvalue weighted by atomic mass is 15.1. The molecular weight excluding hydrogens is 765 g/mol. The molecule has 0 aliphatic heterocycles. The maximum Gasteiger partial charge on any atom is 0.0464 e. The van der Waals surface area contributed by atoms with E-state index in [1.807, 2.05) is 30.3 Å². The Morgan fingerprint density at radius 2 is 0.524 bits per heavy atom. The highest BCUT2D eigenvalue weighted by Gasteiger charge is 2.13. The fourth-order valence-electron chi connectivity index (χ4n) is 7.20. The number of nitrogens with zero attached hydrogens (tertiary/aromatic N) is 2. The second kappa shape index (κ2) is 21.6. The summed E-state index contributed by atoms with van der Waals surface area (Å²) in [4.78, 5) is 4.56. The second-order valence-electron chi connectivity index (χ2n) is 15.8. The van der Waals surface area contributed by atoms with E-state index in [9.17, 15) is 0 Å². The van der Waals surface area contributed by atoms with E-state index in [0.29, 0.717) is 0 Å². The minimum atomic E-state index is 1.05. The molecule has 0 aliphatic carbocycles. The zero-order chi connectivity index (χ0) is 43.8. The number of para-hydroxylation sites is 2. The van der Waals surface area contributed by atoms with E-state index in [0.717, 1.165) is 39.8 Å². The Labute approximate surface area is 374 Å². The lowest BCUT2D eigenvalue weighted by Crippen LogP contribution is -2.09. The first-order chi connectivity index (χ1) is 30.8. The van der Waals surface area contributed by atoms with Gasteiger partial charge in [0.2, 0.25) is 0 Å². The summed E-state index contributed by atoms with van der Waals surface area (Å²) in [5, 5.41) is 6.97. The lowest BCUT2D eigenvalue weighted by Gasteiger charge is -2.26. The van der Waals surface area contributed by atoms with Crippen molar-refractivity contribution in [1.29, 1.82) is 0 Å². The molecule has 63 heavy (non-hydrogen) atoms. The van der Waals surface area contributed by atoms with Crippen molar-refractivity contribution >= 4 is 56.9 Å². The van der Waals surface area contributed by atoms with Crippen LogP contribution in [0, 0.1) is 34.6 Å². The Kier molecular flexibility index (Phi) is 14.9. The summed E-state index contributed by atoms with van der Waals surface area (Å²) in [6, 6.07) is 82.4. The van der Waals surface area contributed by atoms with Crippen LogP contribution in [0.25, 0.3) is 0 Å². The molecule has 0 saturated heterocycles. The number of hydrogen-bond donors (Lipinski definition) is 2. The largest absolute Gasteiger partial charge is 0.356 e. The van der Waals surface area contributed by atoms with Crippen molar-refractivity contribution in [2.75, 3.05) is 20.4 Å². The number of anilines is 10. The molecule has 0 atom stereocenters. The predicted octanol–water partition coefficient (Wildman–Crippen LogP) is 17.0. The summed E-state index contributed by atoms with van der Waals surface area (Å²) >= 11 is 0. The van der Waals surface area contributed by atoms with Crippen molar-refractivity contribution in [3.63, 3.8) is 0 Å². The Hall–Kier alpha value is -7.82. The van der Waals surface area contributed by atoms with Gasteiger partial charge in [-0.1, -0.05) is 126 Å². The van der Waals surface area contributed by atoms with Gasteiger partial charge >= 0.3 is 0 Å². The monoisotopic (exact) mass is 820 g/mol. The number of rotatable bonds is 10. The molecule has 9 rings (SSSR count). The maximum atomic E-state index is 3.51. The molecule has 0 amide bonds. The average molecular weight is 821 g/mol. The van der Waals surface area contributed by atoms with E-state index in [4.69, 9.17) is 0 Å². The number of hydrogen-bond acceptors (Lipinski definition) is 4. The molecule has 0 fully saturated rings. The average Bonchev–Trinajstić information content (AvgIpc) is 3.30. The van der Waals surface area contributed by atoms with Gasteiger partial charge in [0, 0.05) is 56.9 Å². The second-order valence-corrected chi connectivity index (χ2v) is 15.8. The highest BCUT2D eigenvalue weighted by Crippen LogP contribution is 2.36. The number of aryl methyl sites for hydroxylation is 5. The summed E-state index contributed by atoms with van der Waals surface area (Å²) in [5.74, 6) is 0. The number of benzene rings is 9. The summed E-state index contributed by atoms with van der Waals surface area (Å²) in [6.45, 7) is 10.6. The molecule has 0 bridgehead atoms. The van der Waals surface area contributed by atoms with Crippen LogP contribution in [0.1, 0.15) is 27.8 Å². The molecule has 4 nitrogen and oxygen atoms in total. The standard InChI is InChI=1S/C32H29N3.C20H19N.C7H8/c1-24-8-6-10-29(22-24)34-27-16-14-26(15-17-27)33-28-18-20-31(21-19-28)35(30-11-4-3-5-12-30)32-13-7-9-25(2)23-32;1-16-11-13-19(14-12-16)21(18-8-4-3-5-9-18)20-10-6-7-17(2)15-20;1-7-5-3-2-4-6-7/h3-23,33-34H,1-2H3;3-15H,1-2H3;2-6H,1H3. The Balaban J connectivity index is 0.000000178. The molecule has 0 heterocycles. The van der Waals surface area contributed by atoms with E-state index < -0.39 is 0 Å². The molecule has 9 aromatic carbocycles. The van der Waals surface area contributed by atoms with Crippen LogP contribution in [0.4, 0.5) is 56.9 Å². The van der Waals surface area contributed by atoms with Crippen molar-refractivity contribution in [2.24, 2.45) is 0 Å². The van der Waals surface area contributed by atoms with Crippen LogP contribution in [-0.2, 0) is 0 Å². The van der Waals surface area contributed by atoms with Gasteiger partial charge in [-0.2, -0.15) is 0 Å². The fraction of sp³-hybridized carbons (Fsp3) is 0.0847. The topological polar surface area (TPSA) is 30.5 Å². The molecule has 0 radical (unpaired) electrons. The van der Waals surface area contributed by atoms with Crippen LogP contribution in [0.5, 0.6) is 0 Å². The van der Waals surface area contributed by atoms with Crippen LogP contribution >= 0.6 is 0 Å². The van der Waals surface area contributed by atoms with Crippen LogP contribution in [0.2, 0.25) is 0 Å². The Morgan fingerprint density at radius 1 is 0.222 bits per heavy atom. The summed E-state index contributed by atoms with van der Waals surface area (Å²) in [7, 11) is 0. The summed E-state index contributed by atoms with van der Waals surface area (Å²) in [6.07, 6.45) is 0. The Morgan fingerprint density at radius 3 is 0.921 bits per heavy atom. The summed E-state index contributed by atoms with van der Waals surface area (Å²) < 4.78 is 0. The zero-order valence-corrected chi connectivity index (χ0v) is 36.9.